The quantitative estimate of drug-likeness (QED) is 0.0701. The number of rotatable bonds is 14. The van der Waals surface area contributed by atoms with Crippen LogP contribution in [0.15, 0.2) is 34.5 Å². The van der Waals surface area contributed by atoms with E-state index in [9.17, 15) is 60.0 Å². The van der Waals surface area contributed by atoms with Crippen molar-refractivity contribution in [3.8, 4) is 0 Å². The first-order valence-electron chi connectivity index (χ1n) is 29.2. The van der Waals surface area contributed by atoms with Crippen molar-refractivity contribution < 1.29 is 145 Å². The Morgan fingerprint density at radius 3 is 1.15 bits per heavy atom. The Labute approximate surface area is 589 Å². The van der Waals surface area contributed by atoms with Crippen LogP contribution in [-0.4, -0.2) is 75.7 Å². The minimum Gasteiger partial charge on any atom is -0.883 e. The summed E-state index contributed by atoms with van der Waals surface area (Å²) in [5.41, 5.74) is 14.5. The Bertz CT molecular complexity index is 4380. The average Bonchev–Trinajstić information content (AvgIpc) is 1.62. The molecular formula is C68H70Cu5N8O12. The summed E-state index contributed by atoms with van der Waals surface area (Å²) >= 11 is 0. The maximum atomic E-state index is 12.6. The van der Waals surface area contributed by atoms with Crippen molar-refractivity contribution in [1.82, 2.24) is 29.9 Å². The first-order valence-corrected chi connectivity index (χ1v) is 29.2. The van der Waals surface area contributed by atoms with E-state index >= 15 is 0 Å². The van der Waals surface area contributed by atoms with Gasteiger partial charge in [-0.25, -0.2) is 0 Å². The Morgan fingerprint density at radius 1 is 0.516 bits per heavy atom. The van der Waals surface area contributed by atoms with E-state index in [0.29, 0.717) is 69.6 Å². The number of aliphatic carboxylic acids is 4. The van der Waals surface area contributed by atoms with E-state index in [1.54, 1.807) is 26.0 Å². The fourth-order valence-corrected chi connectivity index (χ4v) is 13.0. The van der Waals surface area contributed by atoms with Crippen LogP contribution >= 0.6 is 0 Å². The molecule has 3 radical (unpaired) electrons. The molecule has 8 N–H and O–H groups in total. The second kappa shape index (κ2) is 31.7. The van der Waals surface area contributed by atoms with Gasteiger partial charge in [0.1, 0.15) is 0 Å². The molecular weight excluding hydrogens is 1440 g/mol. The Hall–Kier alpha value is -7.38. The van der Waals surface area contributed by atoms with E-state index in [2.05, 4.69) is 33.1 Å². The fraction of sp³-hybridized carbons (Fsp3) is 0.324. The van der Waals surface area contributed by atoms with Crippen LogP contribution in [0.1, 0.15) is 156 Å². The molecule has 16 bridgehead atoms. The SMILES string of the molecule is C=Cc1c2[n-]c(c1C)/C=C1N=C(/C(CC(=O)O)=c3\[nH]c(c(C)c3=C([O-])[O-])/C=c3\[nH]/c(c(C)c3CC)=C\2)C(CCC(=O)O)C/1C.C=Cc1c2[n-]c(c1C)/C=C1N=C(/C(CC(=O)O)=c3\[nH]c(c(C)c3=C([O-])[O-])/C=c3\[nH]/c(c(C)c3CC)=C\2)C(CCC(=O)O)C\1C.[Cu+2].[Cu+2].[Cu+].[Cu+].[Cu]. The predicted octanol–water partition coefficient (Wildman–Crippen LogP) is 0.840. The molecule has 6 aromatic heterocycles. The van der Waals surface area contributed by atoms with Crippen molar-refractivity contribution in [3.63, 3.8) is 0 Å². The largest absolute Gasteiger partial charge is 2.00 e. The molecule has 0 aromatic carbocycles. The standard InChI is InChI=1S/2C34H37N4O6.5Cu/c2*1-7-19-15(3)23-12-25-17(5)21(9-10-29(39)40)32(37-25)22(11-30(41)42)33-31(34(43)44)18(6)26(38-33)14-28-20(8-2)16(4)24(36-28)13-27(19)35-23;;;;;/h2*7,12-14,17,21,36H,1,8-11H2,2-6H3,(H,39,40)(H,41,42)(H3,37,38,43,44);;;;;/q2*-1;;2*+1;2*+2/p-4/b24-13-,25-12+,28-14-;24-13-,25-12-,28-14-;;;;;. The van der Waals surface area contributed by atoms with Gasteiger partial charge in [-0.15, -0.1) is 22.8 Å². The van der Waals surface area contributed by atoms with E-state index in [4.69, 9.17) is 20.0 Å². The third kappa shape index (κ3) is 15.2. The van der Waals surface area contributed by atoms with Gasteiger partial charge < -0.3 is 70.8 Å². The predicted molar refractivity (Wildman–Crippen MR) is 329 cm³/mol. The zero-order chi connectivity index (χ0) is 64.1. The van der Waals surface area contributed by atoms with Crippen LogP contribution in [0, 0.1) is 65.2 Å². The molecule has 0 saturated carbocycles. The molecule has 0 spiro atoms. The van der Waals surface area contributed by atoms with Crippen molar-refractivity contribution in [2.24, 2.45) is 33.7 Å². The number of carboxylic acid groups (broad SMARTS) is 4. The van der Waals surface area contributed by atoms with E-state index < -0.39 is 60.4 Å². The van der Waals surface area contributed by atoms with Crippen LogP contribution in [0.5, 0.6) is 0 Å². The molecule has 93 heavy (non-hydrogen) atoms. The Balaban J connectivity index is 0.000000376. The van der Waals surface area contributed by atoms with Crippen molar-refractivity contribution in [1.29, 1.82) is 0 Å². The number of carboxylic acids is 4. The van der Waals surface area contributed by atoms with Crippen LogP contribution in [0.2, 0.25) is 0 Å². The Kier molecular flexibility index (Phi) is 26.6. The van der Waals surface area contributed by atoms with E-state index in [1.807, 2.05) is 91.8 Å². The number of H-pyrrole nitrogens is 4. The summed E-state index contributed by atoms with van der Waals surface area (Å²) in [6.07, 6.45) is 15.2. The summed E-state index contributed by atoms with van der Waals surface area (Å²) in [5.74, 6) is -8.80. The van der Waals surface area contributed by atoms with Crippen LogP contribution in [0.4, 0.5) is 0 Å². The van der Waals surface area contributed by atoms with E-state index in [1.165, 1.54) is 0 Å². The van der Waals surface area contributed by atoms with Gasteiger partial charge in [-0.2, -0.15) is 11.9 Å². The molecule has 10 heterocycles. The van der Waals surface area contributed by atoms with Crippen molar-refractivity contribution in [2.45, 2.75) is 121 Å². The number of nitrogens with one attached hydrogen (secondary N) is 4. The van der Waals surface area contributed by atoms with Crippen LogP contribution in [-0.2, 0) is 117 Å². The minimum absolute atomic E-state index is 0. The monoisotopic (exact) mass is 1510 g/mol. The molecule has 10 rings (SSSR count). The summed E-state index contributed by atoms with van der Waals surface area (Å²) in [4.78, 5) is 80.8. The van der Waals surface area contributed by atoms with Gasteiger partial charge in [-0.05, 0) is 134 Å². The fourth-order valence-electron chi connectivity index (χ4n) is 13.0. The molecule has 4 unspecified atom stereocenters. The van der Waals surface area contributed by atoms with Gasteiger partial charge in [0.15, 0.2) is 0 Å². The number of fused-ring (bicyclic) bond motifs is 14. The summed E-state index contributed by atoms with van der Waals surface area (Å²) < 4.78 is 0. The summed E-state index contributed by atoms with van der Waals surface area (Å²) in [7, 11) is 0. The number of aromatic amines is 4. The molecule has 509 valence electrons. The molecule has 0 saturated heterocycles. The van der Waals surface area contributed by atoms with Crippen molar-refractivity contribution in [3.05, 3.63) is 157 Å². The number of carbonyl (C=O) groups is 4. The van der Waals surface area contributed by atoms with Crippen LogP contribution in [0.25, 0.3) is 71.6 Å². The van der Waals surface area contributed by atoms with Crippen LogP contribution < -0.4 is 72.9 Å². The summed E-state index contributed by atoms with van der Waals surface area (Å²) in [6, 6.07) is 0. The molecule has 4 aliphatic heterocycles. The zero-order valence-electron chi connectivity index (χ0n) is 52.4. The molecule has 0 amide bonds. The summed E-state index contributed by atoms with van der Waals surface area (Å²) in [5, 5.41) is 92.5. The molecule has 4 atom stereocenters. The summed E-state index contributed by atoms with van der Waals surface area (Å²) in [6.45, 7) is 27.2. The van der Waals surface area contributed by atoms with Gasteiger partial charge in [-0.3, -0.25) is 29.2 Å². The van der Waals surface area contributed by atoms with Gasteiger partial charge in [0.2, 0.25) is 0 Å². The smallest absolute Gasteiger partial charge is 0.883 e. The Morgan fingerprint density at radius 2 is 0.860 bits per heavy atom. The third-order valence-electron chi connectivity index (χ3n) is 17.9. The van der Waals surface area contributed by atoms with Gasteiger partial charge in [0.25, 0.3) is 0 Å². The molecule has 25 heteroatoms. The second-order valence-corrected chi connectivity index (χ2v) is 22.9. The molecule has 6 aromatic rings. The minimum atomic E-state index is -1.45. The topological polar surface area (TPSA) is 358 Å². The number of allylic oxidation sites excluding steroid dienone is 2. The normalized spacial score (nSPS) is 20.2. The van der Waals surface area contributed by atoms with Gasteiger partial charge >= 0.3 is 92.2 Å². The first kappa shape index (κ1) is 78.1. The number of aliphatic imine (C=N–C) groups is 2. The first-order chi connectivity index (χ1) is 41.7. The van der Waals surface area contributed by atoms with Gasteiger partial charge in [0.05, 0.1) is 24.3 Å². The maximum Gasteiger partial charge on any atom is 2.00 e. The third-order valence-corrected chi connectivity index (χ3v) is 17.9. The number of nitrogens with zero attached hydrogens (tertiary/aromatic N) is 4. The molecule has 20 nitrogen and oxygen atoms in total. The average molecular weight is 1510 g/mol. The van der Waals surface area contributed by atoms with Crippen LogP contribution in [0.3, 0.4) is 0 Å². The van der Waals surface area contributed by atoms with Gasteiger partial charge in [-0.1, -0.05) is 88.4 Å². The van der Waals surface area contributed by atoms with E-state index in [0.717, 1.165) is 77.3 Å². The molecule has 0 aliphatic carbocycles. The molecule has 0 fully saturated rings. The van der Waals surface area contributed by atoms with Gasteiger partial charge in [0, 0.05) is 120 Å². The zero-order valence-corrected chi connectivity index (χ0v) is 57.1. The van der Waals surface area contributed by atoms with Crippen molar-refractivity contribution >= 4 is 107 Å². The van der Waals surface area contributed by atoms with E-state index in [-0.39, 0.29) is 155 Å². The second-order valence-electron chi connectivity index (χ2n) is 22.9. The maximum absolute atomic E-state index is 12.6. The molecule has 4 aliphatic rings. The number of aromatic nitrogens is 6. The number of hydrogen-bond acceptors (Lipinski definition) is 10. The number of hydrogen-bond donors (Lipinski definition) is 8. The van der Waals surface area contributed by atoms with Crippen molar-refractivity contribution in [2.75, 3.05) is 0 Å².